The molecule has 1 aliphatic heterocycles. The lowest BCUT2D eigenvalue weighted by molar-refractivity contribution is -0.153. The number of benzene rings is 1. The number of sulfone groups is 1. The predicted octanol–water partition coefficient (Wildman–Crippen LogP) is 3.32. The lowest BCUT2D eigenvalue weighted by atomic mass is 9.95. The summed E-state index contributed by atoms with van der Waals surface area (Å²) in [6, 6.07) is 7.43. The summed E-state index contributed by atoms with van der Waals surface area (Å²) in [7, 11) is -4.24. The number of carbonyl (C=O) groups excluding carboxylic acids is 2. The zero-order valence-corrected chi connectivity index (χ0v) is 22.5. The molecule has 2 atom stereocenters. The number of likely N-dealkylation sites (tertiary alicyclic amines) is 1. The summed E-state index contributed by atoms with van der Waals surface area (Å²) >= 11 is 6.17. The molecule has 1 N–H and O–H groups in total. The average Bonchev–Trinajstić information content (AvgIpc) is 3.83. The average molecular weight is 597 g/mol. The van der Waals surface area contributed by atoms with Crippen molar-refractivity contribution in [3.63, 3.8) is 0 Å². The molecule has 2 amide bonds. The molecule has 3 aliphatic rings. The summed E-state index contributed by atoms with van der Waals surface area (Å²) < 4.78 is 69.5. The topological polar surface area (TPSA) is 129 Å². The number of nitriles is 1. The van der Waals surface area contributed by atoms with Crippen molar-refractivity contribution in [2.24, 2.45) is 0 Å². The first-order valence-corrected chi connectivity index (χ1v) is 14.4. The third-order valence-electron chi connectivity index (χ3n) is 7.60. The monoisotopic (exact) mass is 596 g/mol. The van der Waals surface area contributed by atoms with Gasteiger partial charge in [-0.3, -0.25) is 14.6 Å². The van der Waals surface area contributed by atoms with Gasteiger partial charge in [-0.15, -0.1) is 0 Å². The van der Waals surface area contributed by atoms with Gasteiger partial charge in [-0.05, 0) is 61.9 Å². The third-order valence-corrected chi connectivity index (χ3v) is 10.2. The first kappa shape index (κ1) is 28.2. The number of nitrogens with one attached hydrogen (secondary N) is 1. The van der Waals surface area contributed by atoms with E-state index in [4.69, 9.17) is 11.6 Å². The smallest absolute Gasteiger partial charge is 0.422 e. The standard InChI is InChI=1S/C26H24ClF3N4O5S/c27-19-11-17(39-15-26(28,29)30)1-2-21(19)40(37,38)18-12-20(22(35)33-24(14-31)5-6-24)34(13-18)23(36)25(7-8-25)16-3-9-32-10-4-16/h1-4,9-11,18,20H,5-8,12-13,15H2,(H,33,35). The number of amides is 2. The quantitative estimate of drug-likeness (QED) is 0.495. The van der Waals surface area contributed by atoms with E-state index >= 15 is 0 Å². The molecule has 0 spiro atoms. The number of hydrogen-bond donors (Lipinski definition) is 1. The van der Waals surface area contributed by atoms with Gasteiger partial charge < -0.3 is 15.0 Å². The van der Waals surface area contributed by atoms with Crippen LogP contribution in [0.2, 0.25) is 5.02 Å². The van der Waals surface area contributed by atoms with Crippen molar-refractivity contribution >= 4 is 33.3 Å². The maximum atomic E-state index is 13.9. The molecule has 0 radical (unpaired) electrons. The van der Waals surface area contributed by atoms with Crippen molar-refractivity contribution in [1.29, 1.82) is 5.26 Å². The van der Waals surface area contributed by atoms with Crippen molar-refractivity contribution in [2.75, 3.05) is 13.2 Å². The van der Waals surface area contributed by atoms with Crippen LogP contribution < -0.4 is 10.1 Å². The Balaban J connectivity index is 1.42. The Kier molecular flexibility index (Phi) is 6.99. The van der Waals surface area contributed by atoms with Crippen LogP contribution in [0.3, 0.4) is 0 Å². The van der Waals surface area contributed by atoms with E-state index < -0.39 is 50.8 Å². The van der Waals surface area contributed by atoms with Crippen LogP contribution in [0, 0.1) is 11.3 Å². The molecule has 1 aromatic heterocycles. The maximum Gasteiger partial charge on any atom is 0.422 e. The van der Waals surface area contributed by atoms with Gasteiger partial charge in [0.2, 0.25) is 11.8 Å². The second kappa shape index (κ2) is 9.92. The van der Waals surface area contributed by atoms with Crippen LogP contribution >= 0.6 is 11.6 Å². The summed E-state index contributed by atoms with van der Waals surface area (Å²) in [6.45, 7) is -1.87. The molecule has 1 aromatic carbocycles. The molecule has 2 aromatic rings. The molecule has 2 heterocycles. The molecular weight excluding hydrogens is 573 g/mol. The van der Waals surface area contributed by atoms with Crippen molar-refractivity contribution < 1.29 is 35.9 Å². The highest BCUT2D eigenvalue weighted by Gasteiger charge is 2.58. The van der Waals surface area contributed by atoms with E-state index in [0.29, 0.717) is 31.2 Å². The highest BCUT2D eigenvalue weighted by atomic mass is 35.5. The van der Waals surface area contributed by atoms with Gasteiger partial charge in [-0.2, -0.15) is 18.4 Å². The van der Waals surface area contributed by atoms with Crippen LogP contribution in [0.25, 0.3) is 0 Å². The van der Waals surface area contributed by atoms with Gasteiger partial charge in [0.05, 0.1) is 26.7 Å². The third kappa shape index (κ3) is 5.34. The summed E-state index contributed by atoms with van der Waals surface area (Å²) in [5.41, 5.74) is -1.21. The van der Waals surface area contributed by atoms with Crippen LogP contribution in [0.1, 0.15) is 37.7 Å². The normalized spacial score (nSPS) is 22.7. The maximum absolute atomic E-state index is 13.9. The Bertz CT molecular complexity index is 1490. The predicted molar refractivity (Wildman–Crippen MR) is 135 cm³/mol. The lowest BCUT2D eigenvalue weighted by Crippen LogP contribution is -2.51. The molecule has 0 bridgehead atoms. The van der Waals surface area contributed by atoms with Gasteiger partial charge in [-0.25, -0.2) is 8.42 Å². The molecule has 2 unspecified atom stereocenters. The van der Waals surface area contributed by atoms with E-state index in [0.717, 1.165) is 18.2 Å². The number of pyridine rings is 1. The summed E-state index contributed by atoms with van der Waals surface area (Å²) in [4.78, 5) is 32.1. The Morgan fingerprint density at radius 3 is 2.40 bits per heavy atom. The molecule has 3 fully saturated rings. The molecule has 212 valence electrons. The van der Waals surface area contributed by atoms with Crippen LogP contribution in [-0.2, 0) is 24.8 Å². The minimum atomic E-state index is -4.59. The fourth-order valence-corrected chi connectivity index (χ4v) is 7.28. The molecule has 40 heavy (non-hydrogen) atoms. The van der Waals surface area contributed by atoms with E-state index in [1.807, 2.05) is 0 Å². The number of aromatic nitrogens is 1. The number of hydrogen-bond acceptors (Lipinski definition) is 7. The SMILES string of the molecule is N#CC1(NC(=O)C2CC(S(=O)(=O)c3ccc(OCC(F)(F)F)cc3Cl)CN2C(=O)C2(c3ccncc3)CC2)CC1. The largest absolute Gasteiger partial charge is 0.484 e. The van der Waals surface area contributed by atoms with E-state index in [1.54, 1.807) is 24.5 Å². The molecule has 9 nitrogen and oxygen atoms in total. The Labute approximate surface area is 233 Å². The highest BCUT2D eigenvalue weighted by molar-refractivity contribution is 7.92. The first-order chi connectivity index (χ1) is 18.8. The van der Waals surface area contributed by atoms with Gasteiger partial charge in [0.25, 0.3) is 0 Å². The Hall–Kier alpha value is -3.37. The first-order valence-electron chi connectivity index (χ1n) is 12.5. The second-order valence-corrected chi connectivity index (χ2v) is 13.0. The summed E-state index contributed by atoms with van der Waals surface area (Å²) in [6.07, 6.45) is 0.226. The van der Waals surface area contributed by atoms with Crippen LogP contribution in [0.5, 0.6) is 5.75 Å². The number of nitrogens with zero attached hydrogens (tertiary/aromatic N) is 3. The molecule has 1 saturated heterocycles. The lowest BCUT2D eigenvalue weighted by Gasteiger charge is -2.29. The van der Waals surface area contributed by atoms with E-state index in [1.165, 1.54) is 4.90 Å². The molecule has 5 rings (SSSR count). The zero-order chi connectivity index (χ0) is 28.9. The van der Waals surface area contributed by atoms with Gasteiger partial charge in [0, 0.05) is 25.0 Å². The molecule has 2 saturated carbocycles. The van der Waals surface area contributed by atoms with Crippen molar-refractivity contribution in [3.05, 3.63) is 53.3 Å². The number of rotatable bonds is 8. The fourth-order valence-electron chi connectivity index (χ4n) is 5.05. The van der Waals surface area contributed by atoms with Gasteiger partial charge in [-0.1, -0.05) is 11.6 Å². The number of carbonyl (C=O) groups is 2. The number of ether oxygens (including phenoxy) is 1. The van der Waals surface area contributed by atoms with Gasteiger partial charge in [0.15, 0.2) is 16.4 Å². The minimum absolute atomic E-state index is 0.240. The van der Waals surface area contributed by atoms with E-state index in [-0.39, 0.29) is 34.5 Å². The van der Waals surface area contributed by atoms with Crippen molar-refractivity contribution in [2.45, 2.75) is 65.4 Å². The Morgan fingerprint density at radius 2 is 1.85 bits per heavy atom. The Morgan fingerprint density at radius 1 is 1.18 bits per heavy atom. The van der Waals surface area contributed by atoms with Crippen LogP contribution in [0.4, 0.5) is 13.2 Å². The van der Waals surface area contributed by atoms with E-state index in [9.17, 15) is 36.4 Å². The second-order valence-electron chi connectivity index (χ2n) is 10.4. The zero-order valence-electron chi connectivity index (χ0n) is 20.9. The molecular formula is C26H24ClF3N4O5S. The summed E-state index contributed by atoms with van der Waals surface area (Å²) in [5, 5.41) is 10.6. The number of alkyl halides is 3. The van der Waals surface area contributed by atoms with Gasteiger partial charge in [0.1, 0.15) is 17.3 Å². The molecule has 2 aliphatic carbocycles. The number of halogens is 4. The molecule has 14 heteroatoms. The van der Waals surface area contributed by atoms with Crippen LogP contribution in [-0.4, -0.2) is 66.3 Å². The van der Waals surface area contributed by atoms with Crippen molar-refractivity contribution in [3.8, 4) is 11.8 Å². The van der Waals surface area contributed by atoms with E-state index in [2.05, 4.69) is 21.1 Å². The minimum Gasteiger partial charge on any atom is -0.484 e. The highest BCUT2D eigenvalue weighted by Crippen LogP contribution is 2.51. The summed E-state index contributed by atoms with van der Waals surface area (Å²) in [5.74, 6) is -1.26. The van der Waals surface area contributed by atoms with Crippen molar-refractivity contribution in [1.82, 2.24) is 15.2 Å². The fraction of sp³-hybridized carbons (Fsp3) is 0.462. The van der Waals surface area contributed by atoms with Gasteiger partial charge >= 0.3 is 6.18 Å². The van der Waals surface area contributed by atoms with Crippen LogP contribution in [0.15, 0.2) is 47.6 Å².